The Kier molecular flexibility index (Phi) is 5.87. The van der Waals surface area contributed by atoms with Crippen molar-refractivity contribution in [2.45, 2.75) is 13.8 Å². The van der Waals surface area contributed by atoms with Gasteiger partial charge in [0.1, 0.15) is 23.0 Å². The number of amides is 2. The standard InChI is InChI=1S/C26H23FN2O4/c1-15-5-6-17(11-16(15)2)23-24(28-19-12-21(32-3)14-22(13-19)33-4)26(31)29(25(23)30)20-9-7-18(27)8-10-20/h5-14,28H,1-4H3. The molecule has 0 atom stereocenters. The van der Waals surface area contributed by atoms with Crippen molar-refractivity contribution in [1.82, 2.24) is 0 Å². The van der Waals surface area contributed by atoms with Gasteiger partial charge in [0.15, 0.2) is 0 Å². The normalized spacial score (nSPS) is 13.5. The quantitative estimate of drug-likeness (QED) is 0.548. The summed E-state index contributed by atoms with van der Waals surface area (Å²) in [6, 6.07) is 15.9. The molecule has 0 spiro atoms. The highest BCUT2D eigenvalue weighted by atomic mass is 19.1. The highest BCUT2D eigenvalue weighted by molar-refractivity contribution is 6.46. The molecule has 0 unspecified atom stereocenters. The summed E-state index contributed by atoms with van der Waals surface area (Å²) in [5, 5.41) is 3.10. The Morgan fingerprint density at radius 3 is 2.00 bits per heavy atom. The third-order valence-electron chi connectivity index (χ3n) is 5.59. The topological polar surface area (TPSA) is 67.9 Å². The lowest BCUT2D eigenvalue weighted by Crippen LogP contribution is -2.32. The Labute approximate surface area is 191 Å². The maximum Gasteiger partial charge on any atom is 0.282 e. The number of nitrogens with zero attached hydrogens (tertiary/aromatic N) is 1. The van der Waals surface area contributed by atoms with E-state index in [1.54, 1.807) is 18.2 Å². The van der Waals surface area contributed by atoms with Gasteiger partial charge in [0.05, 0.1) is 25.5 Å². The number of nitrogens with one attached hydrogen (secondary N) is 1. The van der Waals surface area contributed by atoms with Gasteiger partial charge < -0.3 is 14.8 Å². The van der Waals surface area contributed by atoms with Crippen molar-refractivity contribution in [3.63, 3.8) is 0 Å². The number of carbonyl (C=O) groups is 2. The lowest BCUT2D eigenvalue weighted by Gasteiger charge is -2.15. The molecular formula is C26H23FN2O4. The number of hydrogen-bond donors (Lipinski definition) is 1. The zero-order valence-corrected chi connectivity index (χ0v) is 18.7. The fraction of sp³-hybridized carbons (Fsp3) is 0.154. The molecule has 0 aliphatic carbocycles. The Morgan fingerprint density at radius 2 is 1.42 bits per heavy atom. The molecule has 4 rings (SSSR count). The first kappa shape index (κ1) is 22.1. The Bertz CT molecular complexity index is 1260. The van der Waals surface area contributed by atoms with Crippen LogP contribution in [0.2, 0.25) is 0 Å². The van der Waals surface area contributed by atoms with E-state index in [-0.39, 0.29) is 17.0 Å². The number of anilines is 2. The van der Waals surface area contributed by atoms with Gasteiger partial charge in [-0.05, 0) is 54.8 Å². The number of methoxy groups -OCH3 is 2. The molecule has 1 N–H and O–H groups in total. The van der Waals surface area contributed by atoms with Crippen molar-refractivity contribution in [1.29, 1.82) is 0 Å². The van der Waals surface area contributed by atoms with Crippen LogP contribution in [0.3, 0.4) is 0 Å². The molecular weight excluding hydrogens is 423 g/mol. The van der Waals surface area contributed by atoms with Gasteiger partial charge in [0.25, 0.3) is 11.8 Å². The van der Waals surface area contributed by atoms with E-state index in [1.165, 1.54) is 38.5 Å². The molecule has 0 radical (unpaired) electrons. The lowest BCUT2D eigenvalue weighted by atomic mass is 9.99. The van der Waals surface area contributed by atoms with Crippen LogP contribution in [-0.4, -0.2) is 26.0 Å². The maximum atomic E-state index is 13.5. The van der Waals surface area contributed by atoms with Crippen molar-refractivity contribution >= 4 is 28.8 Å². The maximum absolute atomic E-state index is 13.5. The van der Waals surface area contributed by atoms with Gasteiger partial charge in [0.2, 0.25) is 0 Å². The second kappa shape index (κ2) is 8.78. The summed E-state index contributed by atoms with van der Waals surface area (Å²) in [4.78, 5) is 28.0. The summed E-state index contributed by atoms with van der Waals surface area (Å²) in [7, 11) is 3.05. The predicted octanol–water partition coefficient (Wildman–Crippen LogP) is 4.86. The largest absolute Gasteiger partial charge is 0.497 e. The van der Waals surface area contributed by atoms with Crippen LogP contribution in [0.15, 0.2) is 66.4 Å². The van der Waals surface area contributed by atoms with Gasteiger partial charge in [-0.2, -0.15) is 0 Å². The minimum absolute atomic E-state index is 0.114. The van der Waals surface area contributed by atoms with Gasteiger partial charge in [-0.25, -0.2) is 9.29 Å². The number of carbonyl (C=O) groups excluding carboxylic acids is 2. The summed E-state index contributed by atoms with van der Waals surface area (Å²) < 4.78 is 24.1. The number of benzene rings is 3. The smallest absolute Gasteiger partial charge is 0.282 e. The number of hydrogen-bond acceptors (Lipinski definition) is 5. The van der Waals surface area contributed by atoms with E-state index in [2.05, 4.69) is 5.32 Å². The molecule has 0 saturated heterocycles. The Balaban J connectivity index is 1.85. The van der Waals surface area contributed by atoms with Crippen LogP contribution in [0, 0.1) is 19.7 Å². The van der Waals surface area contributed by atoms with E-state index >= 15 is 0 Å². The molecule has 1 aliphatic rings. The van der Waals surface area contributed by atoms with Gasteiger partial charge in [-0.1, -0.05) is 18.2 Å². The molecule has 1 aliphatic heterocycles. The van der Waals surface area contributed by atoms with E-state index in [4.69, 9.17) is 9.47 Å². The summed E-state index contributed by atoms with van der Waals surface area (Å²) in [5.74, 6) is -0.439. The van der Waals surface area contributed by atoms with E-state index in [1.807, 2.05) is 32.0 Å². The minimum atomic E-state index is -0.540. The molecule has 6 nitrogen and oxygen atoms in total. The first-order valence-electron chi connectivity index (χ1n) is 10.3. The molecule has 2 amide bonds. The van der Waals surface area contributed by atoms with Crippen LogP contribution in [0.1, 0.15) is 16.7 Å². The monoisotopic (exact) mass is 446 g/mol. The molecule has 168 valence electrons. The second-order valence-corrected chi connectivity index (χ2v) is 7.70. The molecule has 0 saturated carbocycles. The molecule has 0 aromatic heterocycles. The first-order chi connectivity index (χ1) is 15.8. The zero-order valence-electron chi connectivity index (χ0n) is 18.7. The van der Waals surface area contributed by atoms with Crippen LogP contribution in [-0.2, 0) is 9.59 Å². The van der Waals surface area contributed by atoms with Crippen LogP contribution in [0.5, 0.6) is 11.5 Å². The van der Waals surface area contributed by atoms with Crippen molar-refractivity contribution < 1.29 is 23.5 Å². The summed E-state index contributed by atoms with van der Waals surface area (Å²) in [6.07, 6.45) is 0. The fourth-order valence-electron chi connectivity index (χ4n) is 3.66. The van der Waals surface area contributed by atoms with Crippen molar-refractivity contribution in [2.75, 3.05) is 24.4 Å². The minimum Gasteiger partial charge on any atom is -0.497 e. The number of imide groups is 1. The zero-order chi connectivity index (χ0) is 23.7. The highest BCUT2D eigenvalue weighted by Gasteiger charge is 2.40. The number of ether oxygens (including phenoxy) is 2. The van der Waals surface area contributed by atoms with E-state index in [0.29, 0.717) is 22.7 Å². The van der Waals surface area contributed by atoms with Crippen molar-refractivity contribution in [2.24, 2.45) is 0 Å². The summed E-state index contributed by atoms with van der Waals surface area (Å²) in [5.41, 5.74) is 3.81. The number of halogens is 1. The molecule has 3 aromatic carbocycles. The van der Waals surface area contributed by atoms with Crippen LogP contribution < -0.4 is 19.7 Å². The third kappa shape index (κ3) is 4.17. The molecule has 0 bridgehead atoms. The SMILES string of the molecule is COc1cc(NC2=C(c3ccc(C)c(C)c3)C(=O)N(c3ccc(F)cc3)C2=O)cc(OC)c1. The summed E-state index contributed by atoms with van der Waals surface area (Å²) in [6.45, 7) is 3.92. The molecule has 1 heterocycles. The van der Waals surface area contributed by atoms with Gasteiger partial charge in [0, 0.05) is 23.9 Å². The van der Waals surface area contributed by atoms with Crippen molar-refractivity contribution in [3.8, 4) is 11.5 Å². The lowest BCUT2D eigenvalue weighted by molar-refractivity contribution is -0.120. The predicted molar refractivity (Wildman–Crippen MR) is 125 cm³/mol. The molecule has 3 aromatic rings. The number of aryl methyl sites for hydroxylation is 2. The number of rotatable bonds is 6. The van der Waals surface area contributed by atoms with Gasteiger partial charge >= 0.3 is 0 Å². The second-order valence-electron chi connectivity index (χ2n) is 7.70. The highest BCUT2D eigenvalue weighted by Crippen LogP contribution is 2.35. The first-order valence-corrected chi connectivity index (χ1v) is 10.3. The fourth-order valence-corrected chi connectivity index (χ4v) is 3.66. The van der Waals surface area contributed by atoms with Gasteiger partial charge in [-0.15, -0.1) is 0 Å². The van der Waals surface area contributed by atoms with Gasteiger partial charge in [-0.3, -0.25) is 9.59 Å². The van der Waals surface area contributed by atoms with Crippen LogP contribution >= 0.6 is 0 Å². The molecule has 0 fully saturated rings. The summed E-state index contributed by atoms with van der Waals surface area (Å²) >= 11 is 0. The average molecular weight is 446 g/mol. The van der Waals surface area contributed by atoms with Crippen molar-refractivity contribution in [3.05, 3.63) is 88.9 Å². The Hall–Kier alpha value is -4.13. The molecule has 7 heteroatoms. The van der Waals surface area contributed by atoms with E-state index < -0.39 is 17.6 Å². The third-order valence-corrected chi connectivity index (χ3v) is 5.59. The molecule has 33 heavy (non-hydrogen) atoms. The van der Waals surface area contributed by atoms with E-state index in [0.717, 1.165) is 16.0 Å². The van der Waals surface area contributed by atoms with E-state index in [9.17, 15) is 14.0 Å². The van der Waals surface area contributed by atoms with Crippen LogP contribution in [0.25, 0.3) is 5.57 Å². The van der Waals surface area contributed by atoms with Crippen LogP contribution in [0.4, 0.5) is 15.8 Å². The Morgan fingerprint density at radius 1 is 0.788 bits per heavy atom. The average Bonchev–Trinajstić information content (AvgIpc) is 3.05.